The van der Waals surface area contributed by atoms with Crippen LogP contribution in [0, 0.1) is 0 Å². The Hall–Kier alpha value is -2.90. The van der Waals surface area contributed by atoms with Crippen molar-refractivity contribution in [1.82, 2.24) is 5.43 Å². The van der Waals surface area contributed by atoms with Crippen LogP contribution in [0.3, 0.4) is 0 Å². The maximum atomic E-state index is 6.11. The van der Waals surface area contributed by atoms with Gasteiger partial charge in [0.15, 0.2) is 0 Å². The molecule has 6 nitrogen and oxygen atoms in total. The number of benzene rings is 3. The molecule has 0 unspecified atom stereocenters. The first kappa shape index (κ1) is 25.4. The third-order valence-electron chi connectivity index (χ3n) is 3.85. The molecule has 0 spiro atoms. The number of rotatable bonds is 6. The van der Waals surface area contributed by atoms with Gasteiger partial charge in [0.2, 0.25) is 0 Å². The lowest BCUT2D eigenvalue weighted by molar-refractivity contribution is -0.540. The van der Waals surface area contributed by atoms with Crippen molar-refractivity contribution in [3.05, 3.63) is 105 Å². The zero-order valence-corrected chi connectivity index (χ0v) is 19.7. The van der Waals surface area contributed by atoms with Gasteiger partial charge in [0.25, 0.3) is 0 Å². The predicted octanol–water partition coefficient (Wildman–Crippen LogP) is 5.39. The fraction of sp³-hybridized carbons (Fsp3) is 0. The molecular formula is C22H19Cl4N6+. The Morgan fingerprint density at radius 3 is 1.38 bits per heavy atom. The van der Waals surface area contributed by atoms with Gasteiger partial charge in [-0.2, -0.15) is 5.43 Å². The quantitative estimate of drug-likeness (QED) is 0.203. The van der Waals surface area contributed by atoms with E-state index in [-0.39, 0.29) is 18.4 Å². The van der Waals surface area contributed by atoms with E-state index in [0.29, 0.717) is 15.1 Å². The van der Waals surface area contributed by atoms with Crippen molar-refractivity contribution in [2.45, 2.75) is 0 Å². The average molecular weight is 509 g/mol. The number of hydrogen-bond acceptors (Lipinski definition) is 3. The molecule has 0 amide bonds. The summed E-state index contributed by atoms with van der Waals surface area (Å²) in [6.07, 6.45) is 4.81. The summed E-state index contributed by atoms with van der Waals surface area (Å²) in [7, 11) is 0. The Bertz CT molecular complexity index is 1070. The second-order valence-electron chi connectivity index (χ2n) is 6.19. The number of nitrogens with zero attached hydrogens (tertiary/aromatic N) is 4. The van der Waals surface area contributed by atoms with Gasteiger partial charge in [-0.15, -0.1) is 17.5 Å². The monoisotopic (exact) mass is 507 g/mol. The van der Waals surface area contributed by atoms with Crippen molar-refractivity contribution in [3.63, 3.8) is 0 Å². The van der Waals surface area contributed by atoms with Crippen molar-refractivity contribution in [2.75, 3.05) is 0 Å². The van der Waals surface area contributed by atoms with Crippen LogP contribution in [0.1, 0.15) is 16.7 Å². The molecular weight excluding hydrogens is 490 g/mol. The Morgan fingerprint density at radius 1 is 0.656 bits per heavy atom. The molecule has 10 heteroatoms. The van der Waals surface area contributed by atoms with Crippen LogP contribution in [-0.2, 0) is 0 Å². The molecule has 0 atom stereocenters. The molecule has 0 aliphatic carbocycles. The molecule has 0 saturated heterocycles. The first-order chi connectivity index (χ1) is 15.0. The lowest BCUT2D eigenvalue weighted by Crippen LogP contribution is -2.34. The zero-order valence-electron chi connectivity index (χ0n) is 16.6. The van der Waals surface area contributed by atoms with Gasteiger partial charge in [-0.25, -0.2) is 0 Å². The van der Waals surface area contributed by atoms with Crippen LogP contribution in [0.2, 0.25) is 15.1 Å². The number of nitrogens with two attached hydrogens (primary N) is 1. The first-order valence-electron chi connectivity index (χ1n) is 9.06. The molecule has 3 aromatic carbocycles. The van der Waals surface area contributed by atoms with E-state index in [9.17, 15) is 0 Å². The van der Waals surface area contributed by atoms with E-state index in [1.165, 1.54) is 4.79 Å². The average Bonchev–Trinajstić information content (AvgIpc) is 2.77. The Balaban J connectivity index is 0.00000363. The summed E-state index contributed by atoms with van der Waals surface area (Å²) < 4.78 is 0. The van der Waals surface area contributed by atoms with E-state index in [4.69, 9.17) is 40.5 Å². The molecule has 164 valence electrons. The molecule has 0 aliphatic rings. The third-order valence-corrected chi connectivity index (χ3v) is 4.61. The number of hydrazone groups is 3. The van der Waals surface area contributed by atoms with Crippen LogP contribution in [-0.4, -0.2) is 29.4 Å². The van der Waals surface area contributed by atoms with E-state index >= 15 is 0 Å². The van der Waals surface area contributed by atoms with Gasteiger partial charge >= 0.3 is 5.96 Å². The summed E-state index contributed by atoms with van der Waals surface area (Å²) in [5, 5.41) is 14.7. The lowest BCUT2D eigenvalue weighted by atomic mass is 10.2. The number of halogens is 4. The molecule has 0 aliphatic heterocycles. The SMILES string of the molecule is Cl.NC(NN=Cc1ccc(Cl)cc1)=[N+](N=Cc1ccc(Cl)cc1)N=Cc1ccc(Cl)cc1. The minimum atomic E-state index is 0. The second-order valence-corrected chi connectivity index (χ2v) is 7.50. The number of hydrogen-bond donors (Lipinski definition) is 2. The fourth-order valence-electron chi connectivity index (χ4n) is 2.26. The van der Waals surface area contributed by atoms with Crippen LogP contribution in [0.25, 0.3) is 0 Å². The highest BCUT2D eigenvalue weighted by atomic mass is 35.5. The van der Waals surface area contributed by atoms with Gasteiger partial charge in [-0.05, 0) is 57.9 Å². The highest BCUT2D eigenvalue weighted by Gasteiger charge is 2.06. The van der Waals surface area contributed by atoms with E-state index < -0.39 is 0 Å². The maximum Gasteiger partial charge on any atom is 0.416 e. The molecule has 3 aromatic rings. The molecule has 0 saturated carbocycles. The van der Waals surface area contributed by atoms with Gasteiger partial charge in [-0.1, -0.05) is 81.4 Å². The van der Waals surface area contributed by atoms with Crippen LogP contribution in [0.5, 0.6) is 0 Å². The third kappa shape index (κ3) is 8.32. The highest BCUT2D eigenvalue weighted by molar-refractivity contribution is 6.31. The van der Waals surface area contributed by atoms with E-state index in [2.05, 4.69) is 20.7 Å². The van der Waals surface area contributed by atoms with Crippen molar-refractivity contribution in [3.8, 4) is 0 Å². The summed E-state index contributed by atoms with van der Waals surface area (Å²) >= 11 is 17.7. The first-order valence-corrected chi connectivity index (χ1v) is 10.2. The lowest BCUT2D eigenvalue weighted by Gasteiger charge is -1.99. The summed E-state index contributed by atoms with van der Waals surface area (Å²) in [5.41, 5.74) is 11.3. The smallest absolute Gasteiger partial charge is 0.285 e. The van der Waals surface area contributed by atoms with E-state index in [1.807, 2.05) is 36.4 Å². The summed E-state index contributed by atoms with van der Waals surface area (Å²) in [6, 6.07) is 21.6. The predicted molar refractivity (Wildman–Crippen MR) is 137 cm³/mol. The topological polar surface area (TPSA) is 78.1 Å². The maximum absolute atomic E-state index is 6.11. The molecule has 0 aromatic heterocycles. The molecule has 3 rings (SSSR count). The minimum Gasteiger partial charge on any atom is -0.285 e. The molecule has 3 N–H and O–H groups in total. The zero-order chi connectivity index (χ0) is 22.1. The molecule has 32 heavy (non-hydrogen) atoms. The highest BCUT2D eigenvalue weighted by Crippen LogP contribution is 2.09. The summed E-state index contributed by atoms with van der Waals surface area (Å²) in [6.45, 7) is 0. The summed E-state index contributed by atoms with van der Waals surface area (Å²) in [5.74, 6) is 0.0978. The van der Waals surface area contributed by atoms with E-state index in [0.717, 1.165) is 16.7 Å². The number of guanidine groups is 1. The molecule has 0 bridgehead atoms. The van der Waals surface area contributed by atoms with E-state index in [1.54, 1.807) is 55.0 Å². The van der Waals surface area contributed by atoms with Crippen molar-refractivity contribution in [2.24, 2.45) is 21.0 Å². The van der Waals surface area contributed by atoms with Crippen LogP contribution in [0.15, 0.2) is 88.1 Å². The van der Waals surface area contributed by atoms with Crippen molar-refractivity contribution in [1.29, 1.82) is 0 Å². The fourth-order valence-corrected chi connectivity index (χ4v) is 2.64. The standard InChI is InChI=1S/C22H17Cl3N6.ClH/c23-19-7-1-16(2-8-19)13-27-30-22(26)31(28-14-17-3-9-20(24)10-4-17)29-15-18-5-11-21(25)12-6-18;/h1-15H,(H2,26,30);1H/p+1. The van der Waals surface area contributed by atoms with Crippen molar-refractivity contribution >= 4 is 71.8 Å². The van der Waals surface area contributed by atoms with Gasteiger partial charge in [0, 0.05) is 15.1 Å². The van der Waals surface area contributed by atoms with Gasteiger partial charge < -0.3 is 0 Å². The molecule has 0 fully saturated rings. The van der Waals surface area contributed by atoms with Gasteiger partial charge in [0.1, 0.15) is 0 Å². The van der Waals surface area contributed by atoms with Gasteiger partial charge in [-0.3, -0.25) is 5.73 Å². The molecule has 0 radical (unpaired) electrons. The largest absolute Gasteiger partial charge is 0.416 e. The Kier molecular flexibility index (Phi) is 10.2. The van der Waals surface area contributed by atoms with Crippen LogP contribution >= 0.6 is 47.2 Å². The molecule has 0 heterocycles. The Labute approximate surface area is 207 Å². The number of nitrogens with one attached hydrogen (secondary N) is 1. The van der Waals surface area contributed by atoms with Crippen LogP contribution < -0.4 is 11.2 Å². The second kappa shape index (κ2) is 12.8. The minimum absolute atomic E-state index is 0. The summed E-state index contributed by atoms with van der Waals surface area (Å²) in [4.78, 5) is 1.22. The van der Waals surface area contributed by atoms with Crippen molar-refractivity contribution < 1.29 is 4.79 Å². The Morgan fingerprint density at radius 2 is 1.00 bits per heavy atom. The van der Waals surface area contributed by atoms with Gasteiger partial charge in [0.05, 0.1) is 18.6 Å². The normalized spacial score (nSPS) is 11.1. The van der Waals surface area contributed by atoms with Crippen LogP contribution in [0.4, 0.5) is 0 Å².